The number of thioether (sulfide) groups is 1. The molecule has 1 aromatic carbocycles. The minimum Gasteiger partial charge on any atom is -0.349 e. The Hall–Kier alpha value is -2.35. The molecule has 7 nitrogen and oxygen atoms in total. The van der Waals surface area contributed by atoms with Gasteiger partial charge in [-0.3, -0.25) is 20.0 Å². The molecule has 120 valence electrons. The summed E-state index contributed by atoms with van der Waals surface area (Å²) in [5.74, 6) is 0.476. The number of benzene rings is 1. The van der Waals surface area contributed by atoms with Crippen LogP contribution in [0.25, 0.3) is 0 Å². The van der Waals surface area contributed by atoms with E-state index in [1.54, 1.807) is 11.8 Å². The molecule has 1 atom stereocenters. The molecule has 0 aliphatic carbocycles. The minimum absolute atomic E-state index is 0.156. The van der Waals surface area contributed by atoms with Crippen LogP contribution in [0.15, 0.2) is 24.3 Å². The van der Waals surface area contributed by atoms with Crippen molar-refractivity contribution in [3.8, 4) is 0 Å². The van der Waals surface area contributed by atoms with Crippen molar-refractivity contribution >= 4 is 23.4 Å². The van der Waals surface area contributed by atoms with E-state index in [9.17, 15) is 14.9 Å². The van der Waals surface area contributed by atoms with Crippen LogP contribution in [0.1, 0.15) is 32.6 Å². The highest BCUT2D eigenvalue weighted by Crippen LogP contribution is 2.36. The number of nitrogens with one attached hydrogen (secondary N) is 2. The van der Waals surface area contributed by atoms with Crippen molar-refractivity contribution in [3.63, 3.8) is 0 Å². The van der Waals surface area contributed by atoms with Gasteiger partial charge in [-0.25, -0.2) is 0 Å². The highest BCUT2D eigenvalue weighted by atomic mass is 32.2. The average molecular weight is 332 g/mol. The summed E-state index contributed by atoms with van der Waals surface area (Å²) in [4.78, 5) is 22.7. The zero-order valence-electron chi connectivity index (χ0n) is 12.5. The molecule has 23 heavy (non-hydrogen) atoms. The number of carbonyl (C=O) groups is 1. The van der Waals surface area contributed by atoms with E-state index in [-0.39, 0.29) is 22.3 Å². The van der Waals surface area contributed by atoms with Gasteiger partial charge in [0.1, 0.15) is 5.69 Å². The van der Waals surface area contributed by atoms with Crippen molar-refractivity contribution in [3.05, 3.63) is 56.9 Å². The van der Waals surface area contributed by atoms with Crippen LogP contribution in [0, 0.1) is 17.0 Å². The molecule has 0 saturated heterocycles. The van der Waals surface area contributed by atoms with Gasteiger partial charge in [-0.05, 0) is 30.2 Å². The lowest BCUT2D eigenvalue weighted by molar-refractivity contribution is -0.385. The molecular formula is C15H16N4O3S. The van der Waals surface area contributed by atoms with E-state index < -0.39 is 10.8 Å². The number of rotatable bonds is 4. The monoisotopic (exact) mass is 332 g/mol. The first-order valence-electron chi connectivity index (χ1n) is 7.25. The molecule has 3 rings (SSSR count). The molecule has 0 saturated carbocycles. The van der Waals surface area contributed by atoms with Crippen LogP contribution < -0.4 is 5.32 Å². The molecule has 8 heteroatoms. The molecule has 1 aliphatic heterocycles. The molecule has 2 N–H and O–H groups in total. The first-order valence-corrected chi connectivity index (χ1v) is 8.29. The third-order valence-electron chi connectivity index (χ3n) is 3.85. The molecule has 2 heterocycles. The summed E-state index contributed by atoms with van der Waals surface area (Å²) in [6.45, 7) is 1.94. The number of aromatic amines is 1. The Kier molecular flexibility index (Phi) is 4.33. The molecule has 0 fully saturated rings. The van der Waals surface area contributed by atoms with Gasteiger partial charge in [-0.15, -0.1) is 0 Å². The number of nitro groups is 1. The number of aromatic nitrogens is 2. The van der Waals surface area contributed by atoms with E-state index in [1.165, 1.54) is 18.1 Å². The van der Waals surface area contributed by atoms with Crippen LogP contribution in [0.3, 0.4) is 0 Å². The van der Waals surface area contributed by atoms with E-state index >= 15 is 0 Å². The zero-order valence-corrected chi connectivity index (χ0v) is 13.4. The predicted molar refractivity (Wildman–Crippen MR) is 87.7 cm³/mol. The van der Waals surface area contributed by atoms with E-state index in [4.69, 9.17) is 0 Å². The SMILES string of the molecule is Cc1[nH]nc(C(=O)NCC2SCCc3ccccc32)c1[N+](=O)[O-]. The largest absolute Gasteiger partial charge is 0.349 e. The zero-order chi connectivity index (χ0) is 16.4. The fourth-order valence-electron chi connectivity index (χ4n) is 2.72. The van der Waals surface area contributed by atoms with E-state index in [1.807, 2.05) is 12.1 Å². The third kappa shape index (κ3) is 3.07. The van der Waals surface area contributed by atoms with Crippen molar-refractivity contribution < 1.29 is 9.72 Å². The smallest absolute Gasteiger partial charge is 0.322 e. The van der Waals surface area contributed by atoms with E-state index in [0.717, 1.165) is 12.2 Å². The number of amides is 1. The van der Waals surface area contributed by atoms with E-state index in [0.29, 0.717) is 6.54 Å². The number of hydrogen-bond donors (Lipinski definition) is 2. The van der Waals surface area contributed by atoms with Crippen LogP contribution in [0.4, 0.5) is 5.69 Å². The quantitative estimate of drug-likeness (QED) is 0.661. The predicted octanol–water partition coefficient (Wildman–Crippen LogP) is 2.39. The van der Waals surface area contributed by atoms with Crippen LogP contribution in [-0.4, -0.2) is 33.3 Å². The first-order chi connectivity index (χ1) is 11.1. The van der Waals surface area contributed by atoms with Gasteiger partial charge in [0.25, 0.3) is 5.91 Å². The van der Waals surface area contributed by atoms with Crippen LogP contribution in [0.2, 0.25) is 0 Å². The number of nitrogens with zero attached hydrogens (tertiary/aromatic N) is 2. The lowest BCUT2D eigenvalue weighted by Gasteiger charge is -2.25. The van der Waals surface area contributed by atoms with Gasteiger partial charge >= 0.3 is 5.69 Å². The average Bonchev–Trinajstić information content (AvgIpc) is 2.94. The van der Waals surface area contributed by atoms with Crippen molar-refractivity contribution in [2.75, 3.05) is 12.3 Å². The number of aryl methyl sites for hydroxylation is 2. The Morgan fingerprint density at radius 3 is 3.09 bits per heavy atom. The molecule has 1 aliphatic rings. The van der Waals surface area contributed by atoms with Crippen molar-refractivity contribution in [1.82, 2.24) is 15.5 Å². The molecule has 2 aromatic rings. The summed E-state index contributed by atoms with van der Waals surface area (Å²) < 4.78 is 0. The Bertz CT molecular complexity index is 759. The summed E-state index contributed by atoms with van der Waals surface area (Å²) in [6.07, 6.45) is 1.02. The highest BCUT2D eigenvalue weighted by molar-refractivity contribution is 7.99. The molecule has 0 bridgehead atoms. The van der Waals surface area contributed by atoms with Gasteiger partial charge in [0, 0.05) is 11.8 Å². The molecular weight excluding hydrogens is 316 g/mol. The van der Waals surface area contributed by atoms with Gasteiger partial charge < -0.3 is 5.32 Å². The normalized spacial score (nSPS) is 16.7. The van der Waals surface area contributed by atoms with E-state index in [2.05, 4.69) is 27.6 Å². The second-order valence-corrected chi connectivity index (χ2v) is 6.63. The fourth-order valence-corrected chi connectivity index (χ4v) is 3.95. The van der Waals surface area contributed by atoms with Crippen molar-refractivity contribution in [2.45, 2.75) is 18.6 Å². The van der Waals surface area contributed by atoms with Crippen LogP contribution >= 0.6 is 11.8 Å². The Balaban J connectivity index is 1.72. The topological polar surface area (TPSA) is 101 Å². The second kappa shape index (κ2) is 6.41. The maximum atomic E-state index is 12.2. The molecule has 0 spiro atoms. The molecule has 1 unspecified atom stereocenters. The van der Waals surface area contributed by atoms with Crippen LogP contribution in [0.5, 0.6) is 0 Å². The molecule has 1 aromatic heterocycles. The minimum atomic E-state index is -0.585. The lowest BCUT2D eigenvalue weighted by Crippen LogP contribution is -2.29. The van der Waals surface area contributed by atoms with Gasteiger partial charge in [0.15, 0.2) is 0 Å². The summed E-state index contributed by atoms with van der Waals surface area (Å²) in [6, 6.07) is 8.17. The summed E-state index contributed by atoms with van der Waals surface area (Å²) >= 11 is 1.78. The maximum absolute atomic E-state index is 12.2. The molecule has 1 amide bonds. The number of hydrogen-bond acceptors (Lipinski definition) is 5. The van der Waals surface area contributed by atoms with Gasteiger partial charge in [0.2, 0.25) is 5.69 Å². The lowest BCUT2D eigenvalue weighted by atomic mass is 10.0. The Morgan fingerprint density at radius 1 is 1.52 bits per heavy atom. The fraction of sp³-hybridized carbons (Fsp3) is 0.333. The number of carbonyl (C=O) groups excluding carboxylic acids is 1. The highest BCUT2D eigenvalue weighted by Gasteiger charge is 2.28. The second-order valence-electron chi connectivity index (χ2n) is 5.32. The maximum Gasteiger partial charge on any atom is 0.322 e. The van der Waals surface area contributed by atoms with Gasteiger partial charge in [0.05, 0.1) is 4.92 Å². The van der Waals surface area contributed by atoms with Gasteiger partial charge in [-0.1, -0.05) is 24.3 Å². The summed E-state index contributed by atoms with van der Waals surface area (Å²) in [5.41, 5.74) is 2.36. The number of fused-ring (bicyclic) bond motifs is 1. The Morgan fingerprint density at radius 2 is 2.30 bits per heavy atom. The van der Waals surface area contributed by atoms with Crippen molar-refractivity contribution in [2.24, 2.45) is 0 Å². The number of H-pyrrole nitrogens is 1. The summed E-state index contributed by atoms with van der Waals surface area (Å²) in [7, 11) is 0. The van der Waals surface area contributed by atoms with Gasteiger partial charge in [-0.2, -0.15) is 16.9 Å². The van der Waals surface area contributed by atoms with Crippen LogP contribution in [-0.2, 0) is 6.42 Å². The molecule has 0 radical (unpaired) electrons. The standard InChI is InChI=1S/C15H16N4O3S/c1-9-14(19(21)22)13(18-17-9)15(20)16-8-12-11-5-3-2-4-10(11)6-7-23-12/h2-5,12H,6-8H2,1H3,(H,16,20)(H,17,18). The Labute approximate surface area is 137 Å². The van der Waals surface area contributed by atoms with Crippen molar-refractivity contribution in [1.29, 1.82) is 0 Å². The third-order valence-corrected chi connectivity index (χ3v) is 5.12. The summed E-state index contributed by atoms with van der Waals surface area (Å²) in [5, 5.41) is 20.2. The first kappa shape index (κ1) is 15.5.